The van der Waals surface area contributed by atoms with Crippen molar-refractivity contribution >= 4 is 12.1 Å². The monoisotopic (exact) mass is 229 g/mol. The van der Waals surface area contributed by atoms with Crippen LogP contribution < -0.4 is 0 Å². The summed E-state index contributed by atoms with van der Waals surface area (Å²) >= 11 is 0. The predicted octanol–water partition coefficient (Wildman–Crippen LogP) is 1.74. The van der Waals surface area contributed by atoms with Crippen molar-refractivity contribution in [2.24, 2.45) is 5.41 Å². The third-order valence-corrected chi connectivity index (χ3v) is 2.30. The molecule has 0 saturated heterocycles. The van der Waals surface area contributed by atoms with Crippen LogP contribution in [0.4, 0.5) is 4.79 Å². The molecule has 0 spiro atoms. The predicted molar refractivity (Wildman–Crippen MR) is 60.2 cm³/mol. The number of esters is 1. The van der Waals surface area contributed by atoms with Crippen LogP contribution in [0.25, 0.3) is 0 Å². The lowest BCUT2D eigenvalue weighted by Crippen LogP contribution is -2.37. The minimum Gasteiger partial charge on any atom is -0.465 e. The highest BCUT2D eigenvalue weighted by atomic mass is 16.5. The molecule has 0 heterocycles. The van der Waals surface area contributed by atoms with E-state index in [1.165, 1.54) is 7.05 Å². The van der Waals surface area contributed by atoms with E-state index in [1.54, 1.807) is 20.8 Å². The fourth-order valence-electron chi connectivity index (χ4n) is 1.25. The first-order chi connectivity index (χ1) is 7.22. The molecule has 0 radical (unpaired) electrons. The van der Waals surface area contributed by atoms with Gasteiger partial charge in [0.15, 0.2) is 0 Å². The maximum atomic E-state index is 11.5. The summed E-state index contributed by atoms with van der Waals surface area (Å²) in [5.41, 5.74) is -0.359. The molecule has 16 heavy (non-hydrogen) atoms. The van der Waals surface area contributed by atoms with Crippen LogP contribution in [0.15, 0.2) is 12.2 Å². The molecular weight excluding hydrogens is 210 g/mol. The van der Waals surface area contributed by atoms with Gasteiger partial charge in [-0.05, 0) is 6.92 Å². The van der Waals surface area contributed by atoms with E-state index in [0.29, 0.717) is 0 Å². The standard InChI is InChI=1S/C11H19NO4/c1-6-16-9(13)8(2)11(3,4)7-12(5)10(14)15/h2,6-7H2,1,3-5H3,(H,14,15). The number of carboxylic acid groups (broad SMARTS) is 1. The Morgan fingerprint density at radius 1 is 1.44 bits per heavy atom. The number of nitrogens with zero attached hydrogens (tertiary/aromatic N) is 1. The number of ether oxygens (including phenoxy) is 1. The van der Waals surface area contributed by atoms with Gasteiger partial charge < -0.3 is 14.7 Å². The largest absolute Gasteiger partial charge is 0.465 e. The molecule has 0 rings (SSSR count). The van der Waals surface area contributed by atoms with Crippen LogP contribution in [-0.2, 0) is 9.53 Å². The minimum atomic E-state index is -1.04. The van der Waals surface area contributed by atoms with Crippen molar-refractivity contribution in [2.75, 3.05) is 20.2 Å². The van der Waals surface area contributed by atoms with E-state index in [1.807, 2.05) is 0 Å². The topological polar surface area (TPSA) is 66.8 Å². The maximum absolute atomic E-state index is 11.5. The van der Waals surface area contributed by atoms with E-state index in [9.17, 15) is 9.59 Å². The molecule has 0 aliphatic carbocycles. The van der Waals surface area contributed by atoms with Gasteiger partial charge in [-0.1, -0.05) is 20.4 Å². The van der Waals surface area contributed by atoms with Crippen molar-refractivity contribution in [1.29, 1.82) is 0 Å². The molecule has 92 valence electrons. The molecule has 0 aliphatic heterocycles. The Hall–Kier alpha value is -1.52. The van der Waals surface area contributed by atoms with Crippen molar-refractivity contribution in [2.45, 2.75) is 20.8 Å². The summed E-state index contributed by atoms with van der Waals surface area (Å²) in [6.45, 7) is 9.36. The maximum Gasteiger partial charge on any atom is 0.407 e. The highest BCUT2D eigenvalue weighted by Crippen LogP contribution is 2.26. The molecule has 5 heteroatoms. The van der Waals surface area contributed by atoms with Gasteiger partial charge in [0.1, 0.15) is 0 Å². The summed E-state index contributed by atoms with van der Waals surface area (Å²) in [5.74, 6) is -0.480. The van der Waals surface area contributed by atoms with E-state index < -0.39 is 17.5 Å². The molecule has 5 nitrogen and oxygen atoms in total. The first-order valence-corrected chi connectivity index (χ1v) is 5.03. The van der Waals surface area contributed by atoms with Crippen molar-refractivity contribution in [3.05, 3.63) is 12.2 Å². The summed E-state index contributed by atoms with van der Waals surface area (Å²) in [6, 6.07) is 0. The Morgan fingerprint density at radius 2 is 1.94 bits per heavy atom. The molecule has 0 atom stereocenters. The lowest BCUT2D eigenvalue weighted by molar-refractivity contribution is -0.139. The van der Waals surface area contributed by atoms with Crippen molar-refractivity contribution in [3.63, 3.8) is 0 Å². The van der Waals surface area contributed by atoms with Gasteiger partial charge in [-0.2, -0.15) is 0 Å². The SMILES string of the molecule is C=C(C(=O)OCC)C(C)(C)CN(C)C(=O)O. The number of amides is 1. The van der Waals surface area contributed by atoms with Gasteiger partial charge in [-0.25, -0.2) is 9.59 Å². The molecule has 0 bridgehead atoms. The minimum absolute atomic E-state index is 0.194. The molecule has 0 aromatic heterocycles. The zero-order valence-electron chi connectivity index (χ0n) is 10.2. The number of hydrogen-bond acceptors (Lipinski definition) is 3. The Balaban J connectivity index is 4.59. The fourth-order valence-corrected chi connectivity index (χ4v) is 1.25. The van der Waals surface area contributed by atoms with Crippen LogP contribution in [0.1, 0.15) is 20.8 Å². The van der Waals surface area contributed by atoms with Crippen molar-refractivity contribution < 1.29 is 19.4 Å². The molecule has 0 saturated carbocycles. The average molecular weight is 229 g/mol. The smallest absolute Gasteiger partial charge is 0.407 e. The lowest BCUT2D eigenvalue weighted by atomic mass is 9.84. The molecule has 0 unspecified atom stereocenters. The van der Waals surface area contributed by atoms with E-state index in [0.717, 1.165) is 4.90 Å². The Kier molecular flexibility index (Phi) is 5.01. The number of hydrogen-bond donors (Lipinski definition) is 1. The van der Waals surface area contributed by atoms with Gasteiger partial charge in [0, 0.05) is 24.6 Å². The van der Waals surface area contributed by atoms with Gasteiger partial charge in [-0.3, -0.25) is 0 Å². The van der Waals surface area contributed by atoms with Crippen LogP contribution in [-0.4, -0.2) is 42.3 Å². The Bertz CT molecular complexity index is 296. The quantitative estimate of drug-likeness (QED) is 0.576. The Morgan fingerprint density at radius 3 is 2.31 bits per heavy atom. The molecule has 0 aromatic carbocycles. The summed E-state index contributed by atoms with van der Waals surface area (Å²) in [7, 11) is 1.45. The van der Waals surface area contributed by atoms with Crippen LogP contribution in [0.5, 0.6) is 0 Å². The highest BCUT2D eigenvalue weighted by Gasteiger charge is 2.30. The van der Waals surface area contributed by atoms with E-state index in [-0.39, 0.29) is 18.7 Å². The van der Waals surface area contributed by atoms with Gasteiger partial charge in [0.05, 0.1) is 6.61 Å². The second kappa shape index (κ2) is 5.53. The fraction of sp³-hybridized carbons (Fsp3) is 0.636. The van der Waals surface area contributed by atoms with Crippen molar-refractivity contribution in [1.82, 2.24) is 4.90 Å². The van der Waals surface area contributed by atoms with E-state index >= 15 is 0 Å². The third-order valence-electron chi connectivity index (χ3n) is 2.30. The molecule has 1 amide bonds. The summed E-state index contributed by atoms with van der Waals surface area (Å²) in [5, 5.41) is 8.75. The zero-order valence-corrected chi connectivity index (χ0v) is 10.2. The van der Waals surface area contributed by atoms with Crippen LogP contribution >= 0.6 is 0 Å². The van der Waals surface area contributed by atoms with Gasteiger partial charge >= 0.3 is 12.1 Å². The first kappa shape index (κ1) is 14.5. The zero-order chi connectivity index (χ0) is 12.9. The van der Waals surface area contributed by atoms with Crippen LogP contribution in [0.2, 0.25) is 0 Å². The van der Waals surface area contributed by atoms with Gasteiger partial charge in [0.2, 0.25) is 0 Å². The molecule has 0 aliphatic rings. The van der Waals surface area contributed by atoms with Crippen molar-refractivity contribution in [3.8, 4) is 0 Å². The number of carbonyl (C=O) groups excluding carboxylic acids is 1. The van der Waals surface area contributed by atoms with Crippen LogP contribution in [0, 0.1) is 5.41 Å². The normalized spacial score (nSPS) is 10.8. The second-order valence-corrected chi connectivity index (χ2v) is 4.22. The second-order valence-electron chi connectivity index (χ2n) is 4.22. The van der Waals surface area contributed by atoms with Gasteiger partial charge in [0.25, 0.3) is 0 Å². The Labute approximate surface area is 95.7 Å². The van der Waals surface area contributed by atoms with Crippen LogP contribution in [0.3, 0.4) is 0 Å². The third kappa shape index (κ3) is 3.92. The van der Waals surface area contributed by atoms with Gasteiger partial charge in [-0.15, -0.1) is 0 Å². The summed E-state index contributed by atoms with van der Waals surface area (Å²) in [6.07, 6.45) is -1.04. The molecular formula is C11H19NO4. The lowest BCUT2D eigenvalue weighted by Gasteiger charge is -2.29. The van der Waals surface area contributed by atoms with E-state index in [2.05, 4.69) is 6.58 Å². The number of rotatable bonds is 5. The summed E-state index contributed by atoms with van der Waals surface area (Å²) in [4.78, 5) is 23.2. The molecule has 0 aromatic rings. The first-order valence-electron chi connectivity index (χ1n) is 5.03. The average Bonchev–Trinajstić information content (AvgIpc) is 2.16. The van der Waals surface area contributed by atoms with E-state index in [4.69, 9.17) is 9.84 Å². The molecule has 1 N–H and O–H groups in total. The molecule has 0 fully saturated rings. The summed E-state index contributed by atoms with van der Waals surface area (Å²) < 4.78 is 4.83. The highest BCUT2D eigenvalue weighted by molar-refractivity contribution is 5.89. The number of carbonyl (C=O) groups is 2.